The molecule has 2 aromatic rings. The highest BCUT2D eigenvalue weighted by atomic mass is 32.2. The Morgan fingerprint density at radius 3 is 2.96 bits per heavy atom. The van der Waals surface area contributed by atoms with E-state index in [4.69, 9.17) is 0 Å². The summed E-state index contributed by atoms with van der Waals surface area (Å²) in [5.41, 5.74) is 3.54. The zero-order chi connectivity index (χ0) is 17.1. The fourth-order valence-electron chi connectivity index (χ4n) is 2.87. The van der Waals surface area contributed by atoms with E-state index in [1.54, 1.807) is 11.1 Å². The molecule has 5 nitrogen and oxygen atoms in total. The van der Waals surface area contributed by atoms with Gasteiger partial charge in [-0.15, -0.1) is 0 Å². The molecular formula is C18H23N3O2S. The van der Waals surface area contributed by atoms with E-state index in [9.17, 15) is 9.90 Å². The van der Waals surface area contributed by atoms with Crippen molar-refractivity contribution in [2.24, 2.45) is 0 Å². The van der Waals surface area contributed by atoms with E-state index in [1.807, 2.05) is 10.8 Å². The molecule has 1 saturated heterocycles. The highest BCUT2D eigenvalue weighted by Crippen LogP contribution is 2.23. The van der Waals surface area contributed by atoms with E-state index in [2.05, 4.69) is 37.0 Å². The van der Waals surface area contributed by atoms with Crippen LogP contribution in [0, 0.1) is 13.8 Å². The molecule has 2 heterocycles. The number of amides is 1. The molecule has 1 aliphatic rings. The smallest absolute Gasteiger partial charge is 0.233 e. The third-order valence-corrected chi connectivity index (χ3v) is 5.40. The van der Waals surface area contributed by atoms with Crippen molar-refractivity contribution in [3.8, 4) is 5.69 Å². The number of rotatable bonds is 4. The van der Waals surface area contributed by atoms with Crippen molar-refractivity contribution in [1.82, 2.24) is 14.5 Å². The van der Waals surface area contributed by atoms with Gasteiger partial charge < -0.3 is 10.0 Å². The molecule has 1 amide bonds. The number of aryl methyl sites for hydroxylation is 2. The number of imidazole rings is 1. The molecule has 0 saturated carbocycles. The first-order valence-corrected chi connectivity index (χ1v) is 9.23. The summed E-state index contributed by atoms with van der Waals surface area (Å²) in [6, 6.07) is 6.29. The second-order valence-electron chi connectivity index (χ2n) is 6.27. The minimum absolute atomic E-state index is 0.0633. The van der Waals surface area contributed by atoms with Crippen molar-refractivity contribution in [1.29, 1.82) is 0 Å². The number of aromatic nitrogens is 2. The molecule has 1 atom stereocenters. The van der Waals surface area contributed by atoms with E-state index in [0.29, 0.717) is 12.3 Å². The average molecular weight is 345 g/mol. The van der Waals surface area contributed by atoms with Crippen LogP contribution in [0.25, 0.3) is 5.69 Å². The molecule has 0 aliphatic carbocycles. The van der Waals surface area contributed by atoms with Crippen LogP contribution < -0.4 is 0 Å². The van der Waals surface area contributed by atoms with Crippen molar-refractivity contribution in [2.75, 3.05) is 18.8 Å². The number of carbonyl (C=O) groups excluding carboxylic acids is 1. The number of thioether (sulfide) groups is 1. The van der Waals surface area contributed by atoms with Crippen LogP contribution in [0.1, 0.15) is 24.0 Å². The Morgan fingerprint density at radius 2 is 2.21 bits per heavy atom. The Hall–Kier alpha value is -1.79. The van der Waals surface area contributed by atoms with Gasteiger partial charge in [-0.1, -0.05) is 17.8 Å². The molecule has 0 bridgehead atoms. The van der Waals surface area contributed by atoms with Gasteiger partial charge in [0.15, 0.2) is 5.16 Å². The standard InChI is InChI=1S/C18H23N3O2S/c1-13-5-6-15(10-14(13)2)21-9-7-19-18(21)24-12-17(23)20-8-3-4-16(22)11-20/h5-7,9-10,16,22H,3-4,8,11-12H2,1-2H3. The molecule has 1 aromatic carbocycles. The Bertz CT molecular complexity index is 729. The second kappa shape index (κ2) is 7.40. The molecule has 1 unspecified atom stereocenters. The monoisotopic (exact) mass is 345 g/mol. The van der Waals surface area contributed by atoms with Gasteiger partial charge in [0.1, 0.15) is 0 Å². The molecule has 1 fully saturated rings. The minimum atomic E-state index is -0.384. The summed E-state index contributed by atoms with van der Waals surface area (Å²) in [6.07, 6.45) is 4.95. The number of aliphatic hydroxyl groups is 1. The van der Waals surface area contributed by atoms with Gasteiger partial charge >= 0.3 is 0 Å². The molecule has 0 radical (unpaired) electrons. The fraction of sp³-hybridized carbons (Fsp3) is 0.444. The van der Waals surface area contributed by atoms with Gasteiger partial charge in [0, 0.05) is 31.2 Å². The summed E-state index contributed by atoms with van der Waals surface area (Å²) in [7, 11) is 0. The zero-order valence-electron chi connectivity index (χ0n) is 14.1. The van der Waals surface area contributed by atoms with Crippen LogP contribution in [-0.2, 0) is 4.79 Å². The Morgan fingerprint density at radius 1 is 1.38 bits per heavy atom. The summed E-state index contributed by atoms with van der Waals surface area (Å²) in [5, 5.41) is 10.5. The highest BCUT2D eigenvalue weighted by molar-refractivity contribution is 7.99. The molecule has 1 N–H and O–H groups in total. The average Bonchev–Trinajstić information content (AvgIpc) is 3.03. The summed E-state index contributed by atoms with van der Waals surface area (Å²) < 4.78 is 2.01. The Kier molecular flexibility index (Phi) is 5.26. The van der Waals surface area contributed by atoms with Crippen molar-refractivity contribution in [3.05, 3.63) is 41.7 Å². The third-order valence-electron chi connectivity index (χ3n) is 4.45. The zero-order valence-corrected chi connectivity index (χ0v) is 14.9. The lowest BCUT2D eigenvalue weighted by molar-refractivity contribution is -0.131. The van der Waals surface area contributed by atoms with Gasteiger partial charge in [0.05, 0.1) is 11.9 Å². The lowest BCUT2D eigenvalue weighted by Gasteiger charge is -2.30. The van der Waals surface area contributed by atoms with Crippen molar-refractivity contribution in [3.63, 3.8) is 0 Å². The van der Waals surface area contributed by atoms with Gasteiger partial charge in [-0.25, -0.2) is 4.98 Å². The van der Waals surface area contributed by atoms with Gasteiger partial charge in [-0.05, 0) is 49.9 Å². The highest BCUT2D eigenvalue weighted by Gasteiger charge is 2.22. The lowest BCUT2D eigenvalue weighted by Crippen LogP contribution is -2.43. The van der Waals surface area contributed by atoms with E-state index < -0.39 is 0 Å². The maximum atomic E-state index is 12.3. The topological polar surface area (TPSA) is 58.4 Å². The summed E-state index contributed by atoms with van der Waals surface area (Å²) in [5.74, 6) is 0.405. The number of hydrogen-bond acceptors (Lipinski definition) is 4. The summed E-state index contributed by atoms with van der Waals surface area (Å²) in [6.45, 7) is 5.37. The minimum Gasteiger partial charge on any atom is -0.391 e. The van der Waals surface area contributed by atoms with E-state index in [1.165, 1.54) is 22.9 Å². The SMILES string of the molecule is Cc1ccc(-n2ccnc2SCC(=O)N2CCCC(O)C2)cc1C. The van der Waals surface area contributed by atoms with Crippen LogP contribution in [0.5, 0.6) is 0 Å². The van der Waals surface area contributed by atoms with Crippen LogP contribution in [-0.4, -0.2) is 50.4 Å². The molecule has 6 heteroatoms. The molecule has 3 rings (SSSR count). The van der Waals surface area contributed by atoms with E-state index >= 15 is 0 Å². The number of piperidine rings is 1. The maximum absolute atomic E-state index is 12.3. The van der Waals surface area contributed by atoms with Gasteiger partial charge in [0.2, 0.25) is 5.91 Å². The largest absolute Gasteiger partial charge is 0.391 e. The number of β-amino-alcohol motifs (C(OH)–C–C–N with tert-alkyl or cyclic N) is 1. The molecule has 0 spiro atoms. The first-order chi connectivity index (χ1) is 11.5. The molecular weight excluding hydrogens is 322 g/mol. The lowest BCUT2D eigenvalue weighted by atomic mass is 10.1. The molecule has 128 valence electrons. The fourth-order valence-corrected chi connectivity index (χ4v) is 3.74. The number of carbonyl (C=O) groups is 1. The normalized spacial score (nSPS) is 18.0. The van der Waals surface area contributed by atoms with Gasteiger partial charge in [-0.3, -0.25) is 9.36 Å². The van der Waals surface area contributed by atoms with Crippen LogP contribution in [0.15, 0.2) is 35.7 Å². The van der Waals surface area contributed by atoms with Crippen LogP contribution in [0.2, 0.25) is 0 Å². The van der Waals surface area contributed by atoms with Gasteiger partial charge in [-0.2, -0.15) is 0 Å². The first-order valence-electron chi connectivity index (χ1n) is 8.24. The van der Waals surface area contributed by atoms with Crippen molar-refractivity contribution in [2.45, 2.75) is 37.9 Å². The van der Waals surface area contributed by atoms with Crippen molar-refractivity contribution < 1.29 is 9.90 Å². The van der Waals surface area contributed by atoms with E-state index in [-0.39, 0.29) is 12.0 Å². The number of benzene rings is 1. The maximum Gasteiger partial charge on any atom is 0.233 e. The molecule has 24 heavy (non-hydrogen) atoms. The number of hydrogen-bond donors (Lipinski definition) is 1. The van der Waals surface area contributed by atoms with E-state index in [0.717, 1.165) is 30.2 Å². The number of aliphatic hydroxyl groups excluding tert-OH is 1. The Balaban J connectivity index is 1.67. The first kappa shape index (κ1) is 17.0. The number of nitrogens with zero attached hydrogens (tertiary/aromatic N) is 3. The summed E-state index contributed by atoms with van der Waals surface area (Å²) >= 11 is 1.44. The predicted molar refractivity (Wildman–Crippen MR) is 95.6 cm³/mol. The molecule has 1 aliphatic heterocycles. The third kappa shape index (κ3) is 3.82. The van der Waals surface area contributed by atoms with Crippen molar-refractivity contribution >= 4 is 17.7 Å². The Labute approximate surface area is 146 Å². The second-order valence-corrected chi connectivity index (χ2v) is 7.22. The molecule has 1 aromatic heterocycles. The van der Waals surface area contributed by atoms with Crippen LogP contribution >= 0.6 is 11.8 Å². The number of likely N-dealkylation sites (tertiary alicyclic amines) is 1. The van der Waals surface area contributed by atoms with Gasteiger partial charge in [0.25, 0.3) is 0 Å². The summed E-state index contributed by atoms with van der Waals surface area (Å²) in [4.78, 5) is 18.5. The quantitative estimate of drug-likeness (QED) is 0.865. The van der Waals surface area contributed by atoms with Crippen LogP contribution in [0.3, 0.4) is 0 Å². The van der Waals surface area contributed by atoms with Crippen LogP contribution in [0.4, 0.5) is 0 Å². The predicted octanol–water partition coefficient (Wildman–Crippen LogP) is 2.56.